The number of carboxylic acid groups (broad SMARTS) is 1. The predicted octanol–water partition coefficient (Wildman–Crippen LogP) is 4.44. The molecule has 2 aromatic rings. The third-order valence-electron chi connectivity index (χ3n) is 3.70. The van der Waals surface area contributed by atoms with Crippen molar-refractivity contribution in [3.63, 3.8) is 0 Å². The molecule has 0 saturated heterocycles. The molecule has 0 aliphatic heterocycles. The first-order valence-electron chi connectivity index (χ1n) is 8.81. The topological polar surface area (TPSA) is 84.9 Å². The summed E-state index contributed by atoms with van der Waals surface area (Å²) in [6, 6.07) is 13.3. The van der Waals surface area contributed by atoms with Crippen molar-refractivity contribution in [2.45, 2.75) is 45.4 Å². The molecule has 0 unspecified atom stereocenters. The second kappa shape index (κ2) is 9.46. The van der Waals surface area contributed by atoms with Gasteiger partial charge in [0.15, 0.2) is 0 Å². The Labute approximate surface area is 169 Å². The number of carboxylic acids is 1. The van der Waals surface area contributed by atoms with E-state index in [0.29, 0.717) is 17.4 Å². The number of alkyl carbamates (subject to hydrolysis) is 1. The zero-order valence-corrected chi connectivity index (χ0v) is 16.8. The Bertz CT molecular complexity index is 814. The van der Waals surface area contributed by atoms with E-state index in [4.69, 9.17) is 21.1 Å². The first kappa shape index (κ1) is 21.6. The van der Waals surface area contributed by atoms with Gasteiger partial charge in [0.05, 0.1) is 0 Å². The molecule has 0 aliphatic rings. The Morgan fingerprint density at radius 3 is 2.32 bits per heavy atom. The summed E-state index contributed by atoms with van der Waals surface area (Å²) in [5, 5.41) is 12.4. The Morgan fingerprint density at radius 1 is 1.11 bits per heavy atom. The molecule has 2 rings (SSSR count). The van der Waals surface area contributed by atoms with Crippen LogP contribution in [0.1, 0.15) is 31.9 Å². The molecule has 0 aromatic heterocycles. The molecule has 1 amide bonds. The van der Waals surface area contributed by atoms with Gasteiger partial charge in [-0.05, 0) is 44.5 Å². The molecule has 0 radical (unpaired) electrons. The van der Waals surface area contributed by atoms with Crippen molar-refractivity contribution in [3.05, 3.63) is 64.7 Å². The van der Waals surface area contributed by atoms with Crippen molar-refractivity contribution in [2.75, 3.05) is 0 Å². The van der Waals surface area contributed by atoms with Crippen LogP contribution in [0.4, 0.5) is 4.79 Å². The third kappa shape index (κ3) is 7.12. The van der Waals surface area contributed by atoms with Crippen LogP contribution >= 0.6 is 11.6 Å². The van der Waals surface area contributed by atoms with Crippen LogP contribution < -0.4 is 10.1 Å². The summed E-state index contributed by atoms with van der Waals surface area (Å²) in [5.74, 6) is -0.499. The van der Waals surface area contributed by atoms with Gasteiger partial charge in [-0.25, -0.2) is 9.59 Å². The highest BCUT2D eigenvalue weighted by molar-refractivity contribution is 6.31. The third-order valence-corrected chi connectivity index (χ3v) is 4.07. The molecule has 0 fully saturated rings. The predicted molar refractivity (Wildman–Crippen MR) is 107 cm³/mol. The zero-order chi connectivity index (χ0) is 20.7. The molecule has 2 N–H and O–H groups in total. The maximum atomic E-state index is 11.8. The molecule has 2 aromatic carbocycles. The van der Waals surface area contributed by atoms with Gasteiger partial charge in [-0.2, -0.15) is 0 Å². The molecule has 0 heterocycles. The minimum atomic E-state index is -1.13. The van der Waals surface area contributed by atoms with Crippen LogP contribution in [0, 0.1) is 0 Å². The van der Waals surface area contributed by atoms with Crippen molar-refractivity contribution in [2.24, 2.45) is 0 Å². The number of hydrogen-bond donors (Lipinski definition) is 2. The monoisotopic (exact) mass is 405 g/mol. The first-order chi connectivity index (χ1) is 13.1. The Balaban J connectivity index is 1.94. The average molecular weight is 406 g/mol. The van der Waals surface area contributed by atoms with E-state index in [1.165, 1.54) is 0 Å². The summed E-state index contributed by atoms with van der Waals surface area (Å²) in [5.41, 5.74) is 0.919. The summed E-state index contributed by atoms with van der Waals surface area (Å²) < 4.78 is 10.8. The summed E-state index contributed by atoms with van der Waals surface area (Å²) >= 11 is 6.10. The lowest BCUT2D eigenvalue weighted by atomic mass is 10.1. The van der Waals surface area contributed by atoms with E-state index in [1.807, 2.05) is 18.2 Å². The van der Waals surface area contributed by atoms with E-state index in [0.717, 1.165) is 11.1 Å². The van der Waals surface area contributed by atoms with Crippen LogP contribution in [0.25, 0.3) is 0 Å². The molecule has 0 aliphatic carbocycles. The van der Waals surface area contributed by atoms with E-state index < -0.39 is 23.7 Å². The van der Waals surface area contributed by atoms with Gasteiger partial charge in [-0.15, -0.1) is 0 Å². The number of benzene rings is 2. The van der Waals surface area contributed by atoms with E-state index in [-0.39, 0.29) is 6.42 Å². The Hall–Kier alpha value is -2.73. The number of halogens is 1. The van der Waals surface area contributed by atoms with Crippen molar-refractivity contribution in [3.8, 4) is 5.75 Å². The van der Waals surface area contributed by atoms with E-state index in [1.54, 1.807) is 51.1 Å². The van der Waals surface area contributed by atoms with Crippen molar-refractivity contribution in [1.29, 1.82) is 0 Å². The maximum absolute atomic E-state index is 11.8. The number of rotatable bonds is 7. The standard InChI is InChI=1S/C21H24ClNO5/c1-21(2,3)28-20(26)23-18(19(24)25)12-14-8-10-16(11-9-14)27-13-15-6-4-5-7-17(15)22/h4-11,18H,12-13H2,1-3H3,(H,23,26)(H,24,25)/t18-/m0/s1. The summed E-state index contributed by atoms with van der Waals surface area (Å²) in [6.07, 6.45) is -0.640. The van der Waals surface area contributed by atoms with E-state index in [9.17, 15) is 14.7 Å². The maximum Gasteiger partial charge on any atom is 0.408 e. The van der Waals surface area contributed by atoms with Crippen molar-refractivity contribution < 1.29 is 24.2 Å². The molecule has 150 valence electrons. The first-order valence-corrected chi connectivity index (χ1v) is 9.19. The molecule has 28 heavy (non-hydrogen) atoms. The lowest BCUT2D eigenvalue weighted by Gasteiger charge is -2.22. The van der Waals surface area contributed by atoms with Gasteiger partial charge in [0.1, 0.15) is 24.0 Å². The number of nitrogens with one attached hydrogen (secondary N) is 1. The second-order valence-corrected chi connectivity index (χ2v) is 7.67. The normalized spacial score (nSPS) is 12.1. The fraction of sp³-hybridized carbons (Fsp3) is 0.333. The quantitative estimate of drug-likeness (QED) is 0.711. The minimum Gasteiger partial charge on any atom is -0.489 e. The van der Waals surface area contributed by atoms with E-state index >= 15 is 0 Å². The second-order valence-electron chi connectivity index (χ2n) is 7.27. The van der Waals surface area contributed by atoms with Gasteiger partial charge < -0.3 is 19.9 Å². The van der Waals surface area contributed by atoms with E-state index in [2.05, 4.69) is 5.32 Å². The highest BCUT2D eigenvalue weighted by Crippen LogP contribution is 2.19. The number of carbonyl (C=O) groups excluding carboxylic acids is 1. The lowest BCUT2D eigenvalue weighted by molar-refractivity contribution is -0.139. The van der Waals surface area contributed by atoms with Crippen LogP contribution in [0.2, 0.25) is 5.02 Å². The van der Waals surface area contributed by atoms with Gasteiger partial charge in [0, 0.05) is 17.0 Å². The Morgan fingerprint density at radius 2 is 1.75 bits per heavy atom. The number of ether oxygens (including phenoxy) is 2. The molecule has 0 bridgehead atoms. The summed E-state index contributed by atoms with van der Waals surface area (Å²) in [4.78, 5) is 23.3. The summed E-state index contributed by atoms with van der Waals surface area (Å²) in [6.45, 7) is 5.47. The van der Waals surface area contributed by atoms with Crippen LogP contribution in [-0.2, 0) is 22.6 Å². The number of hydrogen-bond acceptors (Lipinski definition) is 4. The molecular weight excluding hydrogens is 382 g/mol. The zero-order valence-electron chi connectivity index (χ0n) is 16.1. The van der Waals surface area contributed by atoms with Gasteiger partial charge in [0.2, 0.25) is 0 Å². The molecule has 0 saturated carbocycles. The van der Waals surface area contributed by atoms with Crippen molar-refractivity contribution in [1.82, 2.24) is 5.32 Å². The summed E-state index contributed by atoms with van der Waals surface area (Å²) in [7, 11) is 0. The Kier molecular flexibility index (Phi) is 7.29. The minimum absolute atomic E-state index is 0.124. The van der Waals surface area contributed by atoms with Gasteiger partial charge >= 0.3 is 12.1 Å². The molecule has 7 heteroatoms. The smallest absolute Gasteiger partial charge is 0.408 e. The van der Waals surface area contributed by atoms with Crippen LogP contribution in [-0.4, -0.2) is 28.8 Å². The SMILES string of the molecule is CC(C)(C)OC(=O)N[C@@H](Cc1ccc(OCc2ccccc2Cl)cc1)C(=O)O. The van der Waals surface area contributed by atoms with Crippen LogP contribution in [0.3, 0.4) is 0 Å². The average Bonchev–Trinajstić information content (AvgIpc) is 2.60. The van der Waals surface area contributed by atoms with Gasteiger partial charge in [0.25, 0.3) is 0 Å². The molecule has 0 spiro atoms. The van der Waals surface area contributed by atoms with Gasteiger partial charge in [-0.3, -0.25) is 0 Å². The highest BCUT2D eigenvalue weighted by atomic mass is 35.5. The molecule has 1 atom stereocenters. The van der Waals surface area contributed by atoms with Crippen molar-refractivity contribution >= 4 is 23.7 Å². The number of aliphatic carboxylic acids is 1. The lowest BCUT2D eigenvalue weighted by Crippen LogP contribution is -2.44. The molecule has 6 nitrogen and oxygen atoms in total. The number of amides is 1. The van der Waals surface area contributed by atoms with Gasteiger partial charge in [-0.1, -0.05) is 41.9 Å². The van der Waals surface area contributed by atoms with Crippen LogP contribution in [0.15, 0.2) is 48.5 Å². The largest absolute Gasteiger partial charge is 0.489 e. The molecular formula is C21H24ClNO5. The van der Waals surface area contributed by atoms with Crippen LogP contribution in [0.5, 0.6) is 5.75 Å². The fourth-order valence-corrected chi connectivity index (χ4v) is 2.57. The number of carbonyl (C=O) groups is 2. The highest BCUT2D eigenvalue weighted by Gasteiger charge is 2.24. The fourth-order valence-electron chi connectivity index (χ4n) is 2.38.